The van der Waals surface area contributed by atoms with Crippen LogP contribution in [0.1, 0.15) is 36.5 Å². The van der Waals surface area contributed by atoms with Crippen LogP contribution in [-0.4, -0.2) is 5.11 Å². The van der Waals surface area contributed by atoms with Crippen molar-refractivity contribution in [3.05, 3.63) is 33.3 Å². The number of aliphatic hydroxyl groups is 1. The number of hydrogen-bond donors (Lipinski definition) is 1. The Morgan fingerprint density at radius 1 is 1.21 bits per heavy atom. The van der Waals surface area contributed by atoms with E-state index in [4.69, 9.17) is 23.2 Å². The van der Waals surface area contributed by atoms with Crippen molar-refractivity contribution < 1.29 is 5.11 Å². The van der Waals surface area contributed by atoms with Crippen LogP contribution in [0.2, 0.25) is 10.0 Å². The minimum Gasteiger partial charge on any atom is -0.388 e. The fourth-order valence-corrected chi connectivity index (χ4v) is 2.58. The third-order valence-corrected chi connectivity index (χ3v) is 3.26. The van der Waals surface area contributed by atoms with Gasteiger partial charge < -0.3 is 5.11 Å². The predicted molar refractivity (Wildman–Crippen MR) is 59.0 cm³/mol. The topological polar surface area (TPSA) is 20.2 Å². The summed E-state index contributed by atoms with van der Waals surface area (Å²) in [5, 5.41) is 11.2. The van der Waals surface area contributed by atoms with E-state index in [-0.39, 0.29) is 0 Å². The molecule has 0 saturated carbocycles. The molecule has 14 heavy (non-hydrogen) atoms. The highest BCUT2D eigenvalue weighted by molar-refractivity contribution is 6.35. The summed E-state index contributed by atoms with van der Waals surface area (Å²) in [6.07, 6.45) is 3.49. The fourth-order valence-electron chi connectivity index (χ4n) is 1.98. The molecule has 0 radical (unpaired) electrons. The monoisotopic (exact) mass is 230 g/mol. The van der Waals surface area contributed by atoms with Crippen LogP contribution in [0.3, 0.4) is 0 Å². The molecule has 0 amide bonds. The highest BCUT2D eigenvalue weighted by Gasteiger charge is 2.18. The van der Waals surface area contributed by atoms with Gasteiger partial charge in [0, 0.05) is 10.0 Å². The third-order valence-electron chi connectivity index (χ3n) is 2.71. The Labute approximate surface area is 93.7 Å². The van der Waals surface area contributed by atoms with E-state index in [1.54, 1.807) is 6.07 Å². The van der Waals surface area contributed by atoms with Crippen molar-refractivity contribution in [1.82, 2.24) is 0 Å². The molecule has 3 heteroatoms. The summed E-state index contributed by atoms with van der Waals surface area (Å²) in [7, 11) is 0. The van der Waals surface area contributed by atoms with E-state index in [9.17, 15) is 5.11 Å². The normalized spacial score (nSPS) is 21.5. The summed E-state index contributed by atoms with van der Waals surface area (Å²) >= 11 is 12.0. The summed E-state index contributed by atoms with van der Waals surface area (Å²) in [5.41, 5.74) is 1.99. The molecule has 2 rings (SSSR count). The zero-order valence-corrected chi connectivity index (χ0v) is 9.28. The summed E-state index contributed by atoms with van der Waals surface area (Å²) in [6.45, 7) is 0. The maximum atomic E-state index is 9.87. The molecule has 1 nitrogen and oxygen atoms in total. The van der Waals surface area contributed by atoms with Crippen LogP contribution in [0.4, 0.5) is 0 Å². The first-order valence-electron chi connectivity index (χ1n) is 4.84. The van der Waals surface area contributed by atoms with Gasteiger partial charge in [0.2, 0.25) is 0 Å². The van der Waals surface area contributed by atoms with Crippen LogP contribution in [-0.2, 0) is 6.42 Å². The number of hydrogen-bond acceptors (Lipinski definition) is 1. The van der Waals surface area contributed by atoms with E-state index >= 15 is 0 Å². The Balaban J connectivity index is 2.53. The molecule has 1 atom stereocenters. The summed E-state index contributed by atoms with van der Waals surface area (Å²) < 4.78 is 0. The Kier molecular flexibility index (Phi) is 3.01. The van der Waals surface area contributed by atoms with Gasteiger partial charge in [0.25, 0.3) is 0 Å². The van der Waals surface area contributed by atoms with Crippen molar-refractivity contribution in [3.63, 3.8) is 0 Å². The SMILES string of the molecule is O[C@@H]1CCCCc2c(Cl)cc(Cl)cc21. The molecular formula is C11H12Cl2O. The number of rotatable bonds is 0. The van der Waals surface area contributed by atoms with Crippen molar-refractivity contribution in [3.8, 4) is 0 Å². The highest BCUT2D eigenvalue weighted by Crippen LogP contribution is 2.35. The van der Waals surface area contributed by atoms with Gasteiger partial charge in [-0.3, -0.25) is 0 Å². The lowest BCUT2D eigenvalue weighted by Gasteiger charge is -2.13. The predicted octanol–water partition coefficient (Wildman–Crippen LogP) is 3.75. The molecule has 76 valence electrons. The zero-order valence-electron chi connectivity index (χ0n) is 7.76. The Morgan fingerprint density at radius 2 is 2.00 bits per heavy atom. The van der Waals surface area contributed by atoms with Crippen molar-refractivity contribution in [2.24, 2.45) is 0 Å². The quantitative estimate of drug-likeness (QED) is 0.674. The minimum atomic E-state index is -0.399. The molecule has 0 bridgehead atoms. The summed E-state index contributed by atoms with van der Waals surface area (Å²) in [4.78, 5) is 0. The van der Waals surface area contributed by atoms with E-state index < -0.39 is 6.10 Å². The number of halogens is 2. The smallest absolute Gasteiger partial charge is 0.0793 e. The van der Waals surface area contributed by atoms with Gasteiger partial charge in [0.1, 0.15) is 0 Å². The van der Waals surface area contributed by atoms with Crippen molar-refractivity contribution in [2.75, 3.05) is 0 Å². The molecular weight excluding hydrogens is 219 g/mol. The fraction of sp³-hybridized carbons (Fsp3) is 0.455. The first-order chi connectivity index (χ1) is 6.68. The maximum Gasteiger partial charge on any atom is 0.0793 e. The number of benzene rings is 1. The molecule has 0 heterocycles. The van der Waals surface area contributed by atoms with Gasteiger partial charge in [-0.25, -0.2) is 0 Å². The van der Waals surface area contributed by atoms with Gasteiger partial charge in [-0.1, -0.05) is 29.6 Å². The third kappa shape index (κ3) is 1.90. The average Bonchev–Trinajstić information content (AvgIpc) is 2.29. The lowest BCUT2D eigenvalue weighted by atomic mass is 10.0. The minimum absolute atomic E-state index is 0.399. The first kappa shape index (κ1) is 10.3. The first-order valence-corrected chi connectivity index (χ1v) is 5.60. The number of fused-ring (bicyclic) bond motifs is 1. The molecule has 0 unspecified atom stereocenters. The Morgan fingerprint density at radius 3 is 2.79 bits per heavy atom. The molecule has 0 aromatic heterocycles. The van der Waals surface area contributed by atoms with Gasteiger partial charge >= 0.3 is 0 Å². The zero-order chi connectivity index (χ0) is 10.1. The van der Waals surface area contributed by atoms with E-state index in [2.05, 4.69) is 0 Å². The summed E-state index contributed by atoms with van der Waals surface area (Å²) in [5.74, 6) is 0. The molecule has 0 saturated heterocycles. The van der Waals surface area contributed by atoms with Crippen LogP contribution in [0.25, 0.3) is 0 Å². The molecule has 1 aliphatic rings. The van der Waals surface area contributed by atoms with Gasteiger partial charge in [0.05, 0.1) is 6.10 Å². The van der Waals surface area contributed by atoms with Crippen LogP contribution in [0.15, 0.2) is 12.1 Å². The van der Waals surface area contributed by atoms with Crippen LogP contribution >= 0.6 is 23.2 Å². The van der Waals surface area contributed by atoms with Crippen LogP contribution < -0.4 is 0 Å². The number of aliphatic hydroxyl groups excluding tert-OH is 1. The molecule has 0 aliphatic heterocycles. The van der Waals surface area contributed by atoms with Gasteiger partial charge in [-0.05, 0) is 42.5 Å². The van der Waals surface area contributed by atoms with Crippen molar-refractivity contribution in [2.45, 2.75) is 31.8 Å². The van der Waals surface area contributed by atoms with Crippen molar-refractivity contribution in [1.29, 1.82) is 0 Å². The van der Waals surface area contributed by atoms with Crippen LogP contribution in [0, 0.1) is 0 Å². The molecule has 1 aromatic rings. The summed E-state index contributed by atoms with van der Waals surface area (Å²) in [6, 6.07) is 3.58. The maximum absolute atomic E-state index is 9.87. The van der Waals surface area contributed by atoms with Gasteiger partial charge in [-0.15, -0.1) is 0 Å². The highest BCUT2D eigenvalue weighted by atomic mass is 35.5. The lowest BCUT2D eigenvalue weighted by Crippen LogP contribution is -1.99. The van der Waals surface area contributed by atoms with Crippen LogP contribution in [0.5, 0.6) is 0 Å². The second-order valence-electron chi connectivity index (χ2n) is 3.72. The van der Waals surface area contributed by atoms with Gasteiger partial charge in [-0.2, -0.15) is 0 Å². The largest absolute Gasteiger partial charge is 0.388 e. The van der Waals surface area contributed by atoms with E-state index in [0.29, 0.717) is 10.0 Å². The molecule has 1 aromatic carbocycles. The lowest BCUT2D eigenvalue weighted by molar-refractivity contribution is 0.166. The van der Waals surface area contributed by atoms with Gasteiger partial charge in [0.15, 0.2) is 0 Å². The molecule has 0 spiro atoms. The average molecular weight is 231 g/mol. The second-order valence-corrected chi connectivity index (χ2v) is 4.56. The van der Waals surface area contributed by atoms with Crippen molar-refractivity contribution >= 4 is 23.2 Å². The molecule has 1 N–H and O–H groups in total. The molecule has 1 aliphatic carbocycles. The van der Waals surface area contributed by atoms with E-state index in [1.165, 1.54) is 0 Å². The molecule has 0 fully saturated rings. The second kappa shape index (κ2) is 4.09. The Bertz CT molecular complexity index is 349. The van der Waals surface area contributed by atoms with E-state index in [0.717, 1.165) is 36.8 Å². The van der Waals surface area contributed by atoms with E-state index in [1.807, 2.05) is 6.07 Å². The Hall–Kier alpha value is -0.240. The standard InChI is InChI=1S/C11H12Cl2O/c12-7-5-9-8(10(13)6-7)3-1-2-4-11(9)14/h5-6,11,14H,1-4H2/t11-/m1/s1.